The molecule has 51 heavy (non-hydrogen) atoms. The minimum Gasteiger partial charge on any atom is -0.394 e. The van der Waals surface area contributed by atoms with Crippen LogP contribution in [0.4, 0.5) is 0 Å². The van der Waals surface area contributed by atoms with Crippen LogP contribution in [-0.2, 0) is 4.79 Å². The molecule has 0 saturated heterocycles. The van der Waals surface area contributed by atoms with Crippen LogP contribution in [0.5, 0.6) is 0 Å². The van der Waals surface area contributed by atoms with E-state index in [0.717, 1.165) is 25.7 Å². The van der Waals surface area contributed by atoms with Crippen molar-refractivity contribution < 1.29 is 15.0 Å². The Morgan fingerprint density at radius 1 is 0.451 bits per heavy atom. The average Bonchev–Trinajstić information content (AvgIpc) is 3.13. The van der Waals surface area contributed by atoms with E-state index in [1.54, 1.807) is 6.08 Å². The molecule has 0 aliphatic rings. The Hall–Kier alpha value is -0.870. The number of carbonyl (C=O) groups excluding carboxylic acids is 1. The van der Waals surface area contributed by atoms with Gasteiger partial charge in [-0.2, -0.15) is 0 Å². The monoisotopic (exact) mass is 720 g/mol. The van der Waals surface area contributed by atoms with Crippen molar-refractivity contribution in [3.8, 4) is 0 Å². The summed E-state index contributed by atoms with van der Waals surface area (Å²) in [5, 5.41) is 23.0. The van der Waals surface area contributed by atoms with Gasteiger partial charge in [-0.25, -0.2) is 0 Å². The van der Waals surface area contributed by atoms with Gasteiger partial charge in [0.05, 0.1) is 18.8 Å². The second kappa shape index (κ2) is 43.5. The molecule has 0 aromatic rings. The Morgan fingerprint density at radius 3 is 1.02 bits per heavy atom. The van der Waals surface area contributed by atoms with E-state index in [0.29, 0.717) is 6.42 Å². The summed E-state index contributed by atoms with van der Waals surface area (Å²) in [5.41, 5.74) is 0. The SMILES string of the molecule is CCCCCCCCCCCCCC/C=C/C(O)C(CO)NC(=O)CCCCCCCCCCCCCCCCCCCCCCCCCCC. The first-order chi connectivity index (χ1) is 25.2. The number of aliphatic hydroxyl groups is 2. The predicted octanol–water partition coefficient (Wildman–Crippen LogP) is 14.6. The van der Waals surface area contributed by atoms with Crippen molar-refractivity contribution >= 4 is 5.91 Å². The molecule has 0 saturated carbocycles. The van der Waals surface area contributed by atoms with Crippen LogP contribution in [0.3, 0.4) is 0 Å². The maximum Gasteiger partial charge on any atom is 0.220 e. The largest absolute Gasteiger partial charge is 0.394 e. The van der Waals surface area contributed by atoms with E-state index >= 15 is 0 Å². The molecule has 3 N–H and O–H groups in total. The van der Waals surface area contributed by atoms with Crippen molar-refractivity contribution in [1.82, 2.24) is 5.32 Å². The van der Waals surface area contributed by atoms with Gasteiger partial charge in [0.15, 0.2) is 0 Å². The van der Waals surface area contributed by atoms with Crippen molar-refractivity contribution in [3.05, 3.63) is 12.2 Å². The fourth-order valence-corrected chi connectivity index (χ4v) is 7.42. The van der Waals surface area contributed by atoms with Gasteiger partial charge in [0, 0.05) is 6.42 Å². The van der Waals surface area contributed by atoms with Gasteiger partial charge < -0.3 is 15.5 Å². The lowest BCUT2D eigenvalue weighted by Gasteiger charge is -2.20. The Labute approximate surface area is 320 Å². The van der Waals surface area contributed by atoms with Gasteiger partial charge in [0.25, 0.3) is 0 Å². The molecule has 0 fully saturated rings. The van der Waals surface area contributed by atoms with Crippen molar-refractivity contribution in [2.75, 3.05) is 6.61 Å². The molecule has 0 heterocycles. The zero-order chi connectivity index (χ0) is 37.1. The molecule has 4 heteroatoms. The van der Waals surface area contributed by atoms with Crippen molar-refractivity contribution in [2.45, 2.75) is 276 Å². The third-order valence-corrected chi connectivity index (χ3v) is 11.0. The van der Waals surface area contributed by atoms with E-state index in [-0.39, 0.29) is 12.5 Å². The quantitative estimate of drug-likeness (QED) is 0.0434. The maximum absolute atomic E-state index is 12.4. The number of hydrogen-bond acceptors (Lipinski definition) is 3. The lowest BCUT2D eigenvalue weighted by molar-refractivity contribution is -0.123. The van der Waals surface area contributed by atoms with Gasteiger partial charge in [-0.3, -0.25) is 4.79 Å². The molecule has 304 valence electrons. The molecule has 0 radical (unpaired) electrons. The number of carbonyl (C=O) groups is 1. The summed E-state index contributed by atoms with van der Waals surface area (Å²) in [6.07, 6.45) is 54.8. The highest BCUT2D eigenvalue weighted by Crippen LogP contribution is 2.17. The standard InChI is InChI=1S/C47H93NO3/c1-3-5-7-9-11-13-15-17-19-20-21-22-23-24-25-26-27-28-29-31-33-35-37-39-41-43-47(51)48-45(44-49)46(50)42-40-38-36-34-32-30-18-16-14-12-10-8-6-4-2/h40,42,45-46,49-50H,3-39,41,43-44H2,1-2H3,(H,48,51)/b42-40+. The molecule has 0 bridgehead atoms. The number of unbranched alkanes of at least 4 members (excludes halogenated alkanes) is 36. The second-order valence-electron chi connectivity index (χ2n) is 16.2. The molecule has 1 amide bonds. The summed E-state index contributed by atoms with van der Waals surface area (Å²) in [5.74, 6) is -0.0588. The third-order valence-electron chi connectivity index (χ3n) is 11.0. The number of nitrogens with one attached hydrogen (secondary N) is 1. The van der Waals surface area contributed by atoms with Gasteiger partial charge in [0.1, 0.15) is 0 Å². The lowest BCUT2D eigenvalue weighted by Crippen LogP contribution is -2.45. The summed E-state index contributed by atoms with van der Waals surface area (Å²) in [4.78, 5) is 12.4. The summed E-state index contributed by atoms with van der Waals surface area (Å²) in [6.45, 7) is 4.33. The molecule has 0 aromatic heterocycles. The molecule has 4 nitrogen and oxygen atoms in total. The van der Waals surface area contributed by atoms with Gasteiger partial charge in [-0.15, -0.1) is 0 Å². The molecule has 2 unspecified atom stereocenters. The highest BCUT2D eigenvalue weighted by Gasteiger charge is 2.18. The summed E-state index contributed by atoms with van der Waals surface area (Å²) in [7, 11) is 0. The van der Waals surface area contributed by atoms with Gasteiger partial charge in [-0.1, -0.05) is 251 Å². The van der Waals surface area contributed by atoms with Crippen LogP contribution in [0.15, 0.2) is 12.2 Å². The van der Waals surface area contributed by atoms with Crippen LogP contribution in [0.1, 0.15) is 264 Å². The Bertz CT molecular complexity index is 695. The van der Waals surface area contributed by atoms with Crippen molar-refractivity contribution in [2.24, 2.45) is 0 Å². The minimum absolute atomic E-state index is 0.0588. The fraction of sp³-hybridized carbons (Fsp3) is 0.936. The van der Waals surface area contributed by atoms with Gasteiger partial charge >= 0.3 is 0 Å². The Morgan fingerprint density at radius 2 is 0.725 bits per heavy atom. The third kappa shape index (κ3) is 40.2. The minimum atomic E-state index is -0.833. The molecule has 0 spiro atoms. The smallest absolute Gasteiger partial charge is 0.220 e. The molecule has 0 aliphatic heterocycles. The van der Waals surface area contributed by atoms with Crippen LogP contribution >= 0.6 is 0 Å². The first kappa shape index (κ1) is 50.1. The molecule has 0 rings (SSSR count). The van der Waals surface area contributed by atoms with Crippen LogP contribution in [-0.4, -0.2) is 34.9 Å². The normalized spacial score (nSPS) is 12.9. The predicted molar refractivity (Wildman–Crippen MR) is 226 cm³/mol. The first-order valence-corrected chi connectivity index (χ1v) is 23.4. The Kier molecular flexibility index (Phi) is 42.8. The van der Waals surface area contributed by atoms with Crippen molar-refractivity contribution in [1.29, 1.82) is 0 Å². The molecule has 0 aliphatic carbocycles. The van der Waals surface area contributed by atoms with Gasteiger partial charge in [0.2, 0.25) is 5.91 Å². The highest BCUT2D eigenvalue weighted by molar-refractivity contribution is 5.76. The average molecular weight is 720 g/mol. The van der Waals surface area contributed by atoms with E-state index < -0.39 is 12.1 Å². The van der Waals surface area contributed by atoms with E-state index in [4.69, 9.17) is 0 Å². The zero-order valence-corrected chi connectivity index (χ0v) is 34.9. The van der Waals surface area contributed by atoms with Crippen LogP contribution < -0.4 is 5.32 Å². The summed E-state index contributed by atoms with van der Waals surface area (Å²) in [6, 6.07) is -0.616. The van der Waals surface area contributed by atoms with Crippen LogP contribution in [0, 0.1) is 0 Å². The van der Waals surface area contributed by atoms with Gasteiger partial charge in [-0.05, 0) is 19.3 Å². The number of allylic oxidation sites excluding steroid dienone is 1. The van der Waals surface area contributed by atoms with Crippen molar-refractivity contribution in [3.63, 3.8) is 0 Å². The van der Waals surface area contributed by atoms with E-state index in [1.807, 2.05) is 6.08 Å². The number of rotatable bonds is 43. The van der Waals surface area contributed by atoms with E-state index in [2.05, 4.69) is 19.2 Å². The molecule has 0 aromatic carbocycles. The lowest BCUT2D eigenvalue weighted by atomic mass is 10.0. The Balaban J connectivity index is 3.46. The molecular weight excluding hydrogens is 627 g/mol. The van der Waals surface area contributed by atoms with Crippen LogP contribution in [0.2, 0.25) is 0 Å². The number of amides is 1. The topological polar surface area (TPSA) is 69.6 Å². The fourth-order valence-electron chi connectivity index (χ4n) is 7.42. The van der Waals surface area contributed by atoms with E-state index in [9.17, 15) is 15.0 Å². The summed E-state index contributed by atoms with van der Waals surface area (Å²) < 4.78 is 0. The van der Waals surface area contributed by atoms with E-state index in [1.165, 1.54) is 218 Å². The van der Waals surface area contributed by atoms with Crippen LogP contribution in [0.25, 0.3) is 0 Å². The molecule has 2 atom stereocenters. The highest BCUT2D eigenvalue weighted by atomic mass is 16.3. The second-order valence-corrected chi connectivity index (χ2v) is 16.2. The zero-order valence-electron chi connectivity index (χ0n) is 34.9. The number of hydrogen-bond donors (Lipinski definition) is 3. The first-order valence-electron chi connectivity index (χ1n) is 23.4. The maximum atomic E-state index is 12.4. The summed E-state index contributed by atoms with van der Waals surface area (Å²) >= 11 is 0. The number of aliphatic hydroxyl groups excluding tert-OH is 2. The molecular formula is C47H93NO3.